The van der Waals surface area contributed by atoms with Crippen molar-refractivity contribution in [1.29, 1.82) is 0 Å². The van der Waals surface area contributed by atoms with E-state index in [0.29, 0.717) is 24.3 Å². The molecule has 34 heavy (non-hydrogen) atoms. The van der Waals surface area contributed by atoms with Crippen LogP contribution in [-0.4, -0.2) is 47.8 Å². The lowest BCUT2D eigenvalue weighted by atomic mass is 9.87. The molecule has 0 spiro atoms. The Bertz CT molecular complexity index is 1280. The van der Waals surface area contributed by atoms with Gasteiger partial charge in [-0.25, -0.2) is 4.79 Å². The van der Waals surface area contributed by atoms with Gasteiger partial charge in [0, 0.05) is 38.1 Å². The molecule has 2 heterocycles. The maximum absolute atomic E-state index is 12.8. The number of hydrogen-bond donors (Lipinski definition) is 2. The first-order chi connectivity index (χ1) is 15.9. The number of benzene rings is 2. The second kappa shape index (κ2) is 8.47. The quantitative estimate of drug-likeness (QED) is 0.574. The summed E-state index contributed by atoms with van der Waals surface area (Å²) in [6, 6.07) is 9.95. The molecule has 1 aromatic heterocycles. The van der Waals surface area contributed by atoms with Gasteiger partial charge in [0.2, 0.25) is 0 Å². The van der Waals surface area contributed by atoms with Crippen LogP contribution >= 0.6 is 0 Å². The highest BCUT2D eigenvalue weighted by Gasteiger charge is 2.36. The molecule has 3 aromatic rings. The number of likely N-dealkylation sites (N-methyl/N-ethyl adjacent to an activating group) is 1. The van der Waals surface area contributed by atoms with E-state index < -0.39 is 17.7 Å². The summed E-state index contributed by atoms with van der Waals surface area (Å²) in [6.07, 6.45) is -1.17. The number of nitrogens with one attached hydrogen (secondary N) is 1. The van der Waals surface area contributed by atoms with Crippen LogP contribution in [0.4, 0.5) is 5.69 Å². The SMILES string of the molecule is CNC(=O)c1cc2c(-c3ccc(C)cc3)c([C@H](OC(C)(C)C)C(=O)O)c(C)c3c2n1CCN3C. The van der Waals surface area contributed by atoms with Crippen molar-refractivity contribution >= 4 is 28.5 Å². The molecule has 0 bridgehead atoms. The fourth-order valence-electron chi connectivity index (χ4n) is 4.96. The molecule has 180 valence electrons. The first kappa shape index (κ1) is 23.8. The summed E-state index contributed by atoms with van der Waals surface area (Å²) in [5.41, 5.74) is 6.07. The van der Waals surface area contributed by atoms with E-state index in [2.05, 4.69) is 14.8 Å². The van der Waals surface area contributed by atoms with Crippen molar-refractivity contribution < 1.29 is 19.4 Å². The predicted octanol–water partition coefficient (Wildman–Crippen LogP) is 4.68. The van der Waals surface area contributed by atoms with Gasteiger partial charge in [0.15, 0.2) is 6.10 Å². The highest BCUT2D eigenvalue weighted by molar-refractivity contribution is 6.11. The molecule has 2 N–H and O–H groups in total. The van der Waals surface area contributed by atoms with Crippen LogP contribution < -0.4 is 10.2 Å². The van der Waals surface area contributed by atoms with Crippen molar-refractivity contribution in [2.24, 2.45) is 0 Å². The minimum Gasteiger partial charge on any atom is -0.479 e. The van der Waals surface area contributed by atoms with Crippen molar-refractivity contribution in [1.82, 2.24) is 9.88 Å². The Labute approximate surface area is 200 Å². The molecule has 0 saturated heterocycles. The van der Waals surface area contributed by atoms with Crippen LogP contribution in [0, 0.1) is 13.8 Å². The Kier molecular flexibility index (Phi) is 5.94. The van der Waals surface area contributed by atoms with E-state index in [1.807, 2.05) is 72.0 Å². The highest BCUT2D eigenvalue weighted by atomic mass is 16.5. The number of aromatic nitrogens is 1. The van der Waals surface area contributed by atoms with Crippen molar-refractivity contribution in [3.63, 3.8) is 0 Å². The number of carbonyl (C=O) groups is 2. The molecule has 1 atom stereocenters. The molecule has 7 nitrogen and oxygen atoms in total. The number of carboxylic acid groups (broad SMARTS) is 1. The van der Waals surface area contributed by atoms with Gasteiger partial charge in [-0.3, -0.25) is 4.79 Å². The zero-order valence-electron chi connectivity index (χ0n) is 20.9. The maximum Gasteiger partial charge on any atom is 0.337 e. The number of carboxylic acids is 1. The highest BCUT2D eigenvalue weighted by Crippen LogP contribution is 2.47. The van der Waals surface area contributed by atoms with Gasteiger partial charge >= 0.3 is 5.97 Å². The summed E-state index contributed by atoms with van der Waals surface area (Å²) in [6.45, 7) is 10.9. The monoisotopic (exact) mass is 463 g/mol. The van der Waals surface area contributed by atoms with Crippen molar-refractivity contribution in [2.75, 3.05) is 25.5 Å². The smallest absolute Gasteiger partial charge is 0.337 e. The van der Waals surface area contributed by atoms with Gasteiger partial charge in [-0.1, -0.05) is 29.8 Å². The number of ether oxygens (including phenoxy) is 1. The topological polar surface area (TPSA) is 83.8 Å². The normalized spacial score (nSPS) is 14.4. The van der Waals surface area contributed by atoms with E-state index in [1.54, 1.807) is 7.05 Å². The lowest BCUT2D eigenvalue weighted by molar-refractivity contribution is -0.160. The zero-order chi connectivity index (χ0) is 24.9. The number of aryl methyl sites for hydroxylation is 1. The molecule has 2 aromatic carbocycles. The standard InChI is InChI=1S/C27H33N3O4/c1-15-8-10-17(11-9-15)21-18-14-19(25(31)28-6)30-13-12-29(7)22(23(18)30)16(2)20(21)24(26(32)33)34-27(3,4)5/h8-11,14,24H,12-13H2,1-7H3,(H,28,31)(H,32,33)/t24-/m0/s1. The molecule has 4 rings (SSSR count). The summed E-state index contributed by atoms with van der Waals surface area (Å²) in [4.78, 5) is 27.6. The number of rotatable bonds is 5. The van der Waals surface area contributed by atoms with Crippen LogP contribution in [-0.2, 0) is 16.1 Å². The van der Waals surface area contributed by atoms with Crippen LogP contribution in [0.25, 0.3) is 22.0 Å². The first-order valence-corrected chi connectivity index (χ1v) is 11.5. The van der Waals surface area contributed by atoms with E-state index in [0.717, 1.165) is 38.8 Å². The molecule has 0 aliphatic carbocycles. The number of amides is 1. The van der Waals surface area contributed by atoms with E-state index in [-0.39, 0.29) is 5.91 Å². The van der Waals surface area contributed by atoms with Gasteiger partial charge in [-0.15, -0.1) is 0 Å². The zero-order valence-corrected chi connectivity index (χ0v) is 20.9. The van der Waals surface area contributed by atoms with Crippen LogP contribution in [0.2, 0.25) is 0 Å². The summed E-state index contributed by atoms with van der Waals surface area (Å²) in [5, 5.41) is 13.9. The van der Waals surface area contributed by atoms with Crippen molar-refractivity contribution in [2.45, 2.75) is 52.9 Å². The summed E-state index contributed by atoms with van der Waals surface area (Å²) in [5.74, 6) is -1.20. The Balaban J connectivity index is 2.19. The summed E-state index contributed by atoms with van der Waals surface area (Å²) < 4.78 is 8.21. The molecule has 1 aliphatic heterocycles. The van der Waals surface area contributed by atoms with Gasteiger partial charge in [0.1, 0.15) is 5.69 Å². The maximum atomic E-state index is 12.8. The second-order valence-corrected chi connectivity index (χ2v) is 10.0. The van der Waals surface area contributed by atoms with Crippen molar-refractivity contribution in [3.05, 3.63) is 52.7 Å². The average Bonchev–Trinajstić information content (AvgIpc) is 3.14. The fraction of sp³-hybridized carbons (Fsp3) is 0.407. The van der Waals surface area contributed by atoms with Gasteiger partial charge in [0.25, 0.3) is 5.91 Å². The molecule has 0 fully saturated rings. The van der Waals surface area contributed by atoms with E-state index in [9.17, 15) is 14.7 Å². The third-order valence-corrected chi connectivity index (χ3v) is 6.42. The number of hydrogen-bond acceptors (Lipinski definition) is 4. The van der Waals surface area contributed by atoms with Gasteiger partial charge < -0.3 is 24.6 Å². The predicted molar refractivity (Wildman–Crippen MR) is 135 cm³/mol. The number of aliphatic carboxylic acids is 1. The molecule has 1 aliphatic rings. The third kappa shape index (κ3) is 3.94. The molecule has 0 radical (unpaired) electrons. The van der Waals surface area contributed by atoms with E-state index in [4.69, 9.17) is 4.74 Å². The Morgan fingerprint density at radius 3 is 2.32 bits per heavy atom. The van der Waals surface area contributed by atoms with Gasteiger partial charge in [-0.05, 0) is 57.4 Å². The molecule has 7 heteroatoms. The Morgan fingerprint density at radius 2 is 1.76 bits per heavy atom. The molecular formula is C27H33N3O4. The fourth-order valence-corrected chi connectivity index (χ4v) is 4.96. The number of nitrogens with zero attached hydrogens (tertiary/aromatic N) is 2. The number of anilines is 1. The Morgan fingerprint density at radius 1 is 1.12 bits per heavy atom. The average molecular weight is 464 g/mol. The third-order valence-electron chi connectivity index (χ3n) is 6.42. The first-order valence-electron chi connectivity index (χ1n) is 11.5. The van der Waals surface area contributed by atoms with Crippen LogP contribution in [0.3, 0.4) is 0 Å². The summed E-state index contributed by atoms with van der Waals surface area (Å²) in [7, 11) is 3.63. The van der Waals surface area contributed by atoms with Crippen LogP contribution in [0.15, 0.2) is 30.3 Å². The minimum absolute atomic E-state index is 0.165. The largest absolute Gasteiger partial charge is 0.479 e. The van der Waals surface area contributed by atoms with Gasteiger partial charge in [-0.2, -0.15) is 0 Å². The molecule has 0 saturated carbocycles. The van der Waals surface area contributed by atoms with E-state index >= 15 is 0 Å². The Hall–Kier alpha value is -3.32. The lowest BCUT2D eigenvalue weighted by Crippen LogP contribution is -2.32. The lowest BCUT2D eigenvalue weighted by Gasteiger charge is -2.34. The molecule has 1 amide bonds. The van der Waals surface area contributed by atoms with Crippen LogP contribution in [0.1, 0.15) is 54.1 Å². The van der Waals surface area contributed by atoms with E-state index in [1.165, 1.54) is 0 Å². The van der Waals surface area contributed by atoms with Gasteiger partial charge in [0.05, 0.1) is 16.8 Å². The summed E-state index contributed by atoms with van der Waals surface area (Å²) >= 11 is 0. The molecule has 0 unspecified atom stereocenters. The van der Waals surface area contributed by atoms with Crippen molar-refractivity contribution in [3.8, 4) is 11.1 Å². The number of carbonyl (C=O) groups excluding carboxylic acids is 1. The van der Waals surface area contributed by atoms with Crippen LogP contribution in [0.5, 0.6) is 0 Å². The second-order valence-electron chi connectivity index (χ2n) is 10.0. The molecular weight excluding hydrogens is 430 g/mol. The minimum atomic E-state index is -1.17.